The van der Waals surface area contributed by atoms with E-state index in [0.29, 0.717) is 17.8 Å². The van der Waals surface area contributed by atoms with Gasteiger partial charge in [-0.3, -0.25) is 24.1 Å². The number of hydrogen-bond acceptors (Lipinski definition) is 7. The van der Waals surface area contributed by atoms with Crippen molar-refractivity contribution in [3.05, 3.63) is 132 Å². The van der Waals surface area contributed by atoms with Gasteiger partial charge < -0.3 is 4.74 Å². The summed E-state index contributed by atoms with van der Waals surface area (Å²) in [4.78, 5) is 78.7. The highest BCUT2D eigenvalue weighted by molar-refractivity contribution is 6.28. The number of methoxy groups -OCH3 is 1. The Labute approximate surface area is 288 Å². The second-order valence-electron chi connectivity index (χ2n) is 14.4. The molecule has 0 unspecified atom stereocenters. The Morgan fingerprint density at radius 1 is 0.640 bits per heavy atom. The molecule has 9 nitrogen and oxygen atoms in total. The van der Waals surface area contributed by atoms with Crippen molar-refractivity contribution in [3.63, 3.8) is 0 Å². The first kappa shape index (κ1) is 29.5. The minimum absolute atomic E-state index is 0.0853. The van der Waals surface area contributed by atoms with Crippen molar-refractivity contribution < 1.29 is 28.7 Å². The van der Waals surface area contributed by atoms with Gasteiger partial charge in [0.05, 0.1) is 42.2 Å². The predicted octanol–water partition coefficient (Wildman–Crippen LogP) is 4.53. The third-order valence-corrected chi connectivity index (χ3v) is 12.7. The fourth-order valence-corrected chi connectivity index (χ4v) is 11.3. The zero-order chi connectivity index (χ0) is 34.1. The Balaban J connectivity index is 1.24. The highest BCUT2D eigenvalue weighted by atomic mass is 16.5. The van der Waals surface area contributed by atoms with Crippen LogP contribution < -0.4 is 9.80 Å². The Morgan fingerprint density at radius 2 is 1.14 bits per heavy atom. The number of carbonyl (C=O) groups is 5. The summed E-state index contributed by atoms with van der Waals surface area (Å²) in [5, 5.41) is 0. The van der Waals surface area contributed by atoms with Crippen molar-refractivity contribution in [2.24, 2.45) is 29.6 Å². The maximum atomic E-state index is 15.0. The summed E-state index contributed by atoms with van der Waals surface area (Å²) in [5.74, 6) is -7.29. The first-order chi connectivity index (χ1) is 24.4. The third-order valence-electron chi connectivity index (χ3n) is 12.7. The number of fused-ring (bicyclic) bond motifs is 10. The van der Waals surface area contributed by atoms with E-state index in [2.05, 4.69) is 24.3 Å². The van der Waals surface area contributed by atoms with Crippen LogP contribution in [-0.4, -0.2) is 59.2 Å². The van der Waals surface area contributed by atoms with Gasteiger partial charge in [-0.05, 0) is 59.2 Å². The molecule has 5 saturated heterocycles. The molecule has 0 spiro atoms. The Kier molecular flexibility index (Phi) is 6.08. The van der Waals surface area contributed by atoms with Crippen LogP contribution in [0, 0.1) is 29.6 Å². The SMILES string of the molecule is COC(=O)[C@@]12[C@@H]3C(=O)N(c4ccccc4)C(=O)[C@@H]3[C@@H]3[C@@H]4[C@H](c5ccccc5)c5ccccc5[C@@H]4C[C@@H]([C@H]4C(=O)N(c5ccccc5)C(=O)[C@H]41)N32. The summed E-state index contributed by atoms with van der Waals surface area (Å²) in [6, 6.07) is 34.8. The molecule has 4 amide bonds. The van der Waals surface area contributed by atoms with E-state index in [-0.39, 0.29) is 29.6 Å². The number of amides is 4. The van der Waals surface area contributed by atoms with Crippen molar-refractivity contribution in [2.45, 2.75) is 35.9 Å². The van der Waals surface area contributed by atoms with E-state index >= 15 is 4.79 Å². The zero-order valence-electron chi connectivity index (χ0n) is 27.2. The largest absolute Gasteiger partial charge is 0.468 e. The monoisotopic (exact) mass is 663 g/mol. The van der Waals surface area contributed by atoms with Gasteiger partial charge in [-0.2, -0.15) is 0 Å². The summed E-state index contributed by atoms with van der Waals surface area (Å²) in [5.41, 5.74) is 2.35. The van der Waals surface area contributed by atoms with Crippen LogP contribution in [0.1, 0.15) is 34.9 Å². The number of anilines is 2. The standard InChI is InChI=1S/C41H33N3O6/c1-50-40(49)41-33-31(36(45)42(38(33)47)23-15-7-3-8-16-23)28-21-27-25-19-11-12-20-26(25)29(22-13-5-2-6-14-22)30(27)35(44(28)41)32-34(41)39(48)43(37(32)46)24-17-9-4-10-18-24/h2-20,27-35H,21H2,1H3/t27-,28-,29+,30-,31+,32-,33-,34-,35-,41-/m0/s1. The van der Waals surface area contributed by atoms with Gasteiger partial charge >= 0.3 is 5.97 Å². The van der Waals surface area contributed by atoms with Gasteiger partial charge in [-0.1, -0.05) is 91.0 Å². The lowest BCUT2D eigenvalue weighted by Gasteiger charge is -2.49. The number of carbonyl (C=O) groups excluding carboxylic acids is 5. The smallest absolute Gasteiger partial charge is 0.328 e. The number of rotatable bonds is 4. The lowest BCUT2D eigenvalue weighted by atomic mass is 9.64. The minimum atomic E-state index is -1.85. The van der Waals surface area contributed by atoms with Crippen LogP contribution >= 0.6 is 0 Å². The van der Waals surface area contributed by atoms with Gasteiger partial charge in [-0.15, -0.1) is 0 Å². The molecule has 1 aliphatic carbocycles. The summed E-state index contributed by atoms with van der Waals surface area (Å²) < 4.78 is 5.61. The maximum absolute atomic E-state index is 15.0. The summed E-state index contributed by atoms with van der Waals surface area (Å²) in [6.45, 7) is 0. The summed E-state index contributed by atoms with van der Waals surface area (Å²) in [6.07, 6.45) is 0.493. The lowest BCUT2D eigenvalue weighted by Crippen LogP contribution is -2.64. The van der Waals surface area contributed by atoms with Crippen LogP contribution in [0.2, 0.25) is 0 Å². The molecular formula is C41H33N3O6. The molecular weight excluding hydrogens is 630 g/mol. The molecule has 9 heteroatoms. The first-order valence-corrected chi connectivity index (χ1v) is 17.3. The van der Waals surface area contributed by atoms with Gasteiger partial charge in [0.2, 0.25) is 23.6 Å². The van der Waals surface area contributed by atoms with E-state index in [0.717, 1.165) is 16.7 Å². The molecule has 4 aromatic carbocycles. The number of para-hydroxylation sites is 2. The van der Waals surface area contributed by atoms with Crippen LogP contribution in [-0.2, 0) is 28.7 Å². The molecule has 50 heavy (non-hydrogen) atoms. The maximum Gasteiger partial charge on any atom is 0.328 e. The molecule has 5 fully saturated rings. The number of nitrogens with zero attached hydrogens (tertiary/aromatic N) is 3. The molecule has 0 radical (unpaired) electrons. The van der Waals surface area contributed by atoms with Gasteiger partial charge in [-0.25, -0.2) is 14.6 Å². The van der Waals surface area contributed by atoms with E-state index in [1.54, 1.807) is 48.5 Å². The molecule has 0 bridgehead atoms. The molecule has 5 heterocycles. The van der Waals surface area contributed by atoms with Crippen LogP contribution in [0.3, 0.4) is 0 Å². The van der Waals surface area contributed by atoms with Crippen molar-refractivity contribution >= 4 is 41.0 Å². The molecule has 10 atom stereocenters. The molecule has 5 aliphatic heterocycles. The van der Waals surface area contributed by atoms with Crippen molar-refractivity contribution in [1.29, 1.82) is 0 Å². The second-order valence-corrected chi connectivity index (χ2v) is 14.4. The molecule has 0 N–H and O–H groups in total. The molecule has 0 aromatic heterocycles. The molecule has 4 aromatic rings. The average molecular weight is 664 g/mol. The van der Waals surface area contributed by atoms with E-state index in [4.69, 9.17) is 4.74 Å². The van der Waals surface area contributed by atoms with Gasteiger partial charge in [0, 0.05) is 18.0 Å². The van der Waals surface area contributed by atoms with Gasteiger partial charge in [0.1, 0.15) is 5.54 Å². The topological polar surface area (TPSA) is 104 Å². The van der Waals surface area contributed by atoms with Gasteiger partial charge in [0.15, 0.2) is 0 Å². The van der Waals surface area contributed by atoms with Crippen LogP contribution in [0.4, 0.5) is 11.4 Å². The van der Waals surface area contributed by atoms with Crippen molar-refractivity contribution in [3.8, 4) is 0 Å². The number of benzene rings is 4. The van der Waals surface area contributed by atoms with Crippen LogP contribution in [0.25, 0.3) is 0 Å². The summed E-state index contributed by atoms with van der Waals surface area (Å²) >= 11 is 0. The van der Waals surface area contributed by atoms with Crippen molar-refractivity contribution in [1.82, 2.24) is 4.90 Å². The number of esters is 1. The highest BCUT2D eigenvalue weighted by Crippen LogP contribution is 2.71. The molecule has 6 aliphatic rings. The van der Waals surface area contributed by atoms with Gasteiger partial charge in [0.25, 0.3) is 0 Å². The zero-order valence-corrected chi connectivity index (χ0v) is 27.2. The van der Waals surface area contributed by atoms with E-state index in [9.17, 15) is 19.2 Å². The van der Waals surface area contributed by atoms with Crippen molar-refractivity contribution in [2.75, 3.05) is 16.9 Å². The number of hydrogen-bond donors (Lipinski definition) is 0. The van der Waals surface area contributed by atoms with Crippen LogP contribution in [0.15, 0.2) is 115 Å². The Hall–Kier alpha value is -5.41. The quantitative estimate of drug-likeness (QED) is 0.234. The number of ether oxygens (including phenoxy) is 1. The minimum Gasteiger partial charge on any atom is -0.468 e. The Morgan fingerprint density at radius 3 is 1.72 bits per heavy atom. The van der Waals surface area contributed by atoms with E-state index in [1.165, 1.54) is 16.9 Å². The summed E-state index contributed by atoms with van der Waals surface area (Å²) in [7, 11) is 1.26. The Bertz CT molecular complexity index is 2120. The second kappa shape index (κ2) is 10.3. The fraction of sp³-hybridized carbons (Fsp3) is 0.293. The number of imide groups is 2. The van der Waals surface area contributed by atoms with Crippen LogP contribution in [0.5, 0.6) is 0 Å². The number of piperidine rings is 1. The normalized spacial score (nSPS) is 34.8. The first-order valence-electron chi connectivity index (χ1n) is 17.3. The molecule has 10 rings (SSSR count). The molecule has 0 saturated carbocycles. The van der Waals surface area contributed by atoms with E-state index in [1.807, 2.05) is 47.4 Å². The highest BCUT2D eigenvalue weighted by Gasteiger charge is 2.86. The molecule has 248 valence electrons. The fourth-order valence-electron chi connectivity index (χ4n) is 11.3. The third kappa shape index (κ3) is 3.38. The van der Waals surface area contributed by atoms with E-state index < -0.39 is 59.1 Å². The predicted molar refractivity (Wildman–Crippen MR) is 182 cm³/mol. The lowest BCUT2D eigenvalue weighted by molar-refractivity contribution is -0.164. The average Bonchev–Trinajstić information content (AvgIpc) is 3.89.